The van der Waals surface area contributed by atoms with Gasteiger partial charge in [0, 0.05) is 37.9 Å². The number of nitrogens with zero attached hydrogens (tertiary/aromatic N) is 6. The summed E-state index contributed by atoms with van der Waals surface area (Å²) in [5.74, 6) is 1.31. The minimum atomic E-state index is -0.951. The van der Waals surface area contributed by atoms with Crippen molar-refractivity contribution in [1.29, 1.82) is 0 Å². The maximum Gasteiger partial charge on any atom is 0.255 e. The number of halogens is 1. The highest BCUT2D eigenvalue weighted by atomic mass is 19.1. The predicted molar refractivity (Wildman–Crippen MR) is 120 cm³/mol. The van der Waals surface area contributed by atoms with Crippen molar-refractivity contribution in [3.8, 4) is 11.5 Å². The van der Waals surface area contributed by atoms with Crippen molar-refractivity contribution in [2.75, 3.05) is 13.1 Å². The number of alkyl halides is 1. The number of piperidine rings is 1. The molecule has 4 aromatic heterocycles. The van der Waals surface area contributed by atoms with Crippen molar-refractivity contribution in [2.24, 2.45) is 13.0 Å². The van der Waals surface area contributed by atoms with E-state index in [2.05, 4.69) is 26.7 Å². The standard InChI is InChI=1S/C24H25FN6O/c1-29-22-19(10-17(12-27-22)24(32)30-9-3-5-18(25)14-30)28-23(29)20-11-16-4-2-8-26-21(16)31(20)13-15-6-7-15/h2,4,8,10-12,15,18H,3,5-7,9,13-14H2,1H3/t18-/m0/s1. The van der Waals surface area contributed by atoms with E-state index in [0.29, 0.717) is 36.4 Å². The van der Waals surface area contributed by atoms with Gasteiger partial charge in [-0.3, -0.25) is 4.79 Å². The van der Waals surface area contributed by atoms with E-state index in [9.17, 15) is 9.18 Å². The van der Waals surface area contributed by atoms with Crippen LogP contribution >= 0.6 is 0 Å². The fourth-order valence-corrected chi connectivity index (χ4v) is 4.73. The number of carbonyl (C=O) groups is 1. The summed E-state index contributed by atoms with van der Waals surface area (Å²) in [5.41, 5.74) is 3.82. The number of amides is 1. The number of hydrogen-bond donors (Lipinski definition) is 0. The van der Waals surface area contributed by atoms with Crippen molar-refractivity contribution in [2.45, 2.75) is 38.4 Å². The molecular formula is C24H25FN6O. The van der Waals surface area contributed by atoms with Gasteiger partial charge in [-0.05, 0) is 55.9 Å². The number of hydrogen-bond acceptors (Lipinski definition) is 4. The molecule has 32 heavy (non-hydrogen) atoms. The Morgan fingerprint density at radius 3 is 2.88 bits per heavy atom. The molecule has 0 spiro atoms. The van der Waals surface area contributed by atoms with Crippen LogP contribution in [0.15, 0.2) is 36.7 Å². The zero-order chi connectivity index (χ0) is 21.8. The van der Waals surface area contributed by atoms with Crippen molar-refractivity contribution in [3.05, 3.63) is 42.2 Å². The van der Waals surface area contributed by atoms with E-state index in [4.69, 9.17) is 4.98 Å². The summed E-state index contributed by atoms with van der Waals surface area (Å²) < 4.78 is 18.0. The van der Waals surface area contributed by atoms with Crippen LogP contribution < -0.4 is 0 Å². The minimum Gasteiger partial charge on any atom is -0.336 e. The third-order valence-electron chi connectivity index (χ3n) is 6.63. The van der Waals surface area contributed by atoms with E-state index in [1.165, 1.54) is 12.8 Å². The topological polar surface area (TPSA) is 68.8 Å². The lowest BCUT2D eigenvalue weighted by Gasteiger charge is -2.28. The molecule has 2 aliphatic rings. The molecule has 0 aromatic carbocycles. The van der Waals surface area contributed by atoms with Gasteiger partial charge in [-0.25, -0.2) is 19.3 Å². The van der Waals surface area contributed by atoms with Gasteiger partial charge in [0.1, 0.15) is 17.3 Å². The largest absolute Gasteiger partial charge is 0.336 e. The van der Waals surface area contributed by atoms with E-state index in [0.717, 1.165) is 34.7 Å². The summed E-state index contributed by atoms with van der Waals surface area (Å²) in [6.07, 6.45) is 6.17. The van der Waals surface area contributed by atoms with Crippen LogP contribution in [0.1, 0.15) is 36.0 Å². The first-order chi connectivity index (χ1) is 15.6. The van der Waals surface area contributed by atoms with Gasteiger partial charge < -0.3 is 14.0 Å². The average Bonchev–Trinajstić information content (AvgIpc) is 3.48. The smallest absolute Gasteiger partial charge is 0.255 e. The number of imidazole rings is 1. The van der Waals surface area contributed by atoms with Crippen molar-refractivity contribution < 1.29 is 9.18 Å². The fraction of sp³-hybridized carbons (Fsp3) is 0.417. The molecule has 7 nitrogen and oxygen atoms in total. The van der Waals surface area contributed by atoms with Gasteiger partial charge in [-0.2, -0.15) is 0 Å². The molecule has 5 heterocycles. The molecule has 0 bridgehead atoms. The summed E-state index contributed by atoms with van der Waals surface area (Å²) >= 11 is 0. The number of pyridine rings is 2. The first-order valence-electron chi connectivity index (χ1n) is 11.3. The molecule has 0 N–H and O–H groups in total. The van der Waals surface area contributed by atoms with Crippen LogP contribution in [0.25, 0.3) is 33.7 Å². The summed E-state index contributed by atoms with van der Waals surface area (Å²) in [6, 6.07) is 7.93. The van der Waals surface area contributed by atoms with Gasteiger partial charge >= 0.3 is 0 Å². The van der Waals surface area contributed by atoms with Gasteiger partial charge in [0.2, 0.25) is 0 Å². The third kappa shape index (κ3) is 3.25. The molecule has 1 saturated carbocycles. The fourth-order valence-electron chi connectivity index (χ4n) is 4.73. The molecule has 0 unspecified atom stereocenters. The maximum atomic E-state index is 13.8. The van der Waals surface area contributed by atoms with Gasteiger partial charge in [0.05, 0.1) is 17.8 Å². The Labute approximate surface area is 184 Å². The molecule has 1 amide bonds. The predicted octanol–water partition coefficient (Wildman–Crippen LogP) is 3.97. The summed E-state index contributed by atoms with van der Waals surface area (Å²) in [6.45, 7) is 1.66. The van der Waals surface area contributed by atoms with Crippen LogP contribution in [0.2, 0.25) is 0 Å². The van der Waals surface area contributed by atoms with E-state index < -0.39 is 6.17 Å². The Balaban J connectivity index is 1.42. The Bertz CT molecular complexity index is 1340. The molecule has 8 heteroatoms. The van der Waals surface area contributed by atoms with Crippen LogP contribution in [0.3, 0.4) is 0 Å². The highest BCUT2D eigenvalue weighted by Gasteiger charge is 2.27. The summed E-state index contributed by atoms with van der Waals surface area (Å²) in [5, 5.41) is 1.09. The molecule has 4 aromatic rings. The highest BCUT2D eigenvalue weighted by Crippen LogP contribution is 2.35. The zero-order valence-electron chi connectivity index (χ0n) is 18.0. The van der Waals surface area contributed by atoms with Crippen molar-refractivity contribution in [3.63, 3.8) is 0 Å². The number of likely N-dealkylation sites (tertiary alicyclic amines) is 1. The van der Waals surface area contributed by atoms with E-state index >= 15 is 0 Å². The van der Waals surface area contributed by atoms with Gasteiger partial charge in [-0.15, -0.1) is 0 Å². The van der Waals surface area contributed by atoms with Gasteiger partial charge in [-0.1, -0.05) is 0 Å². The second-order valence-electron chi connectivity index (χ2n) is 9.05. The quantitative estimate of drug-likeness (QED) is 0.489. The third-order valence-corrected chi connectivity index (χ3v) is 6.63. The molecular weight excluding hydrogens is 407 g/mol. The molecule has 1 aliphatic heterocycles. The van der Waals surface area contributed by atoms with Crippen molar-refractivity contribution >= 4 is 28.1 Å². The molecule has 1 saturated heterocycles. The van der Waals surface area contributed by atoms with E-state index in [1.54, 1.807) is 17.2 Å². The normalized spacial score (nSPS) is 19.2. The van der Waals surface area contributed by atoms with Crippen LogP contribution in [0.4, 0.5) is 4.39 Å². The summed E-state index contributed by atoms with van der Waals surface area (Å²) in [7, 11) is 1.95. The van der Waals surface area contributed by atoms with Crippen LogP contribution in [0, 0.1) is 5.92 Å². The molecule has 6 rings (SSSR count). The molecule has 1 atom stereocenters. The van der Waals surface area contributed by atoms with Gasteiger partial charge in [0.15, 0.2) is 11.5 Å². The second-order valence-corrected chi connectivity index (χ2v) is 9.05. The first kappa shape index (κ1) is 19.4. The average molecular weight is 433 g/mol. The van der Waals surface area contributed by atoms with Crippen LogP contribution in [0.5, 0.6) is 0 Å². The Morgan fingerprint density at radius 2 is 2.06 bits per heavy atom. The Kier molecular flexibility index (Phi) is 4.48. The van der Waals surface area contributed by atoms with Crippen molar-refractivity contribution in [1.82, 2.24) is 29.0 Å². The minimum absolute atomic E-state index is 0.151. The number of fused-ring (bicyclic) bond motifs is 2. The van der Waals surface area contributed by atoms with Gasteiger partial charge in [0.25, 0.3) is 5.91 Å². The SMILES string of the molecule is Cn1c(-c2cc3cccnc3n2CC2CC2)nc2cc(C(=O)N3CCC[C@H](F)C3)cnc21. The van der Waals surface area contributed by atoms with E-state index in [1.807, 2.05) is 23.9 Å². The molecule has 164 valence electrons. The lowest BCUT2D eigenvalue weighted by molar-refractivity contribution is 0.0636. The van der Waals surface area contributed by atoms with Crippen LogP contribution in [-0.4, -0.2) is 54.2 Å². The Morgan fingerprint density at radius 1 is 1.19 bits per heavy atom. The summed E-state index contributed by atoms with van der Waals surface area (Å²) in [4.78, 5) is 28.6. The maximum absolute atomic E-state index is 13.8. The first-order valence-corrected chi connectivity index (χ1v) is 11.3. The van der Waals surface area contributed by atoms with Crippen LogP contribution in [-0.2, 0) is 13.6 Å². The molecule has 1 aliphatic carbocycles. The number of rotatable bonds is 4. The second kappa shape index (κ2) is 7.39. The number of aryl methyl sites for hydroxylation is 1. The lowest BCUT2D eigenvalue weighted by Crippen LogP contribution is -2.40. The number of carbonyl (C=O) groups excluding carboxylic acids is 1. The Hall–Kier alpha value is -3.29. The molecule has 0 radical (unpaired) electrons. The van der Waals surface area contributed by atoms with E-state index in [-0.39, 0.29) is 12.5 Å². The number of aromatic nitrogens is 5. The highest BCUT2D eigenvalue weighted by molar-refractivity contribution is 5.97. The lowest BCUT2D eigenvalue weighted by atomic mass is 10.1. The molecule has 2 fully saturated rings. The monoisotopic (exact) mass is 432 g/mol. The zero-order valence-corrected chi connectivity index (χ0v) is 18.0.